The molecule has 1 heterocycles. The number of para-hydroxylation sites is 2. The molecule has 0 aliphatic heterocycles. The number of rotatable bonds is 6. The molecule has 7 nitrogen and oxygen atoms in total. The molecule has 0 fully saturated rings. The van der Waals surface area contributed by atoms with Gasteiger partial charge in [0.2, 0.25) is 0 Å². The number of imidazole rings is 1. The largest absolute Gasteiger partial charge is 0.489 e. The summed E-state index contributed by atoms with van der Waals surface area (Å²) in [5, 5.41) is 5.04. The van der Waals surface area contributed by atoms with E-state index in [1.54, 1.807) is 42.5 Å². The molecular weight excluding hydrogens is 471 g/mol. The van der Waals surface area contributed by atoms with Gasteiger partial charge >= 0.3 is 6.03 Å². The SMILES string of the molecule is Cc1ccc(NC(=O)NC(=O)c2ccc(OCc3ccc(F)cc3)cc2)cc1-c1nc2ccccc2[nH]1. The first-order valence-corrected chi connectivity index (χ1v) is 11.6. The van der Waals surface area contributed by atoms with Crippen LogP contribution in [0.4, 0.5) is 14.9 Å². The van der Waals surface area contributed by atoms with Crippen molar-refractivity contribution in [3.63, 3.8) is 0 Å². The van der Waals surface area contributed by atoms with Gasteiger partial charge in [-0.05, 0) is 78.7 Å². The van der Waals surface area contributed by atoms with Crippen molar-refractivity contribution < 1.29 is 18.7 Å². The average molecular weight is 495 g/mol. The Bertz CT molecular complexity index is 1540. The van der Waals surface area contributed by atoms with Crippen LogP contribution in [0.1, 0.15) is 21.5 Å². The van der Waals surface area contributed by atoms with Gasteiger partial charge in [-0.25, -0.2) is 14.2 Å². The van der Waals surface area contributed by atoms with Gasteiger partial charge in [-0.1, -0.05) is 30.3 Å². The number of nitrogens with one attached hydrogen (secondary N) is 3. The number of aromatic amines is 1. The summed E-state index contributed by atoms with van der Waals surface area (Å²) in [5.41, 5.74) is 5.25. The van der Waals surface area contributed by atoms with Crippen LogP contribution in [0.25, 0.3) is 22.4 Å². The second-order valence-electron chi connectivity index (χ2n) is 8.48. The van der Waals surface area contributed by atoms with Gasteiger partial charge in [0.25, 0.3) is 5.91 Å². The van der Waals surface area contributed by atoms with Crippen LogP contribution in [-0.4, -0.2) is 21.9 Å². The molecule has 0 bridgehead atoms. The summed E-state index contributed by atoms with van der Waals surface area (Å²) in [6.45, 7) is 2.23. The Kier molecular flexibility index (Phi) is 6.63. The predicted molar refractivity (Wildman–Crippen MR) is 140 cm³/mol. The lowest BCUT2D eigenvalue weighted by Crippen LogP contribution is -2.34. The first-order valence-electron chi connectivity index (χ1n) is 11.6. The molecule has 0 saturated carbocycles. The van der Waals surface area contributed by atoms with Crippen LogP contribution >= 0.6 is 0 Å². The Balaban J connectivity index is 1.20. The van der Waals surface area contributed by atoms with E-state index < -0.39 is 11.9 Å². The van der Waals surface area contributed by atoms with Gasteiger partial charge in [0.05, 0.1) is 11.0 Å². The number of ether oxygens (including phenoxy) is 1. The lowest BCUT2D eigenvalue weighted by molar-refractivity contribution is 0.0967. The number of benzene rings is 4. The number of urea groups is 1. The lowest BCUT2D eigenvalue weighted by atomic mass is 10.1. The van der Waals surface area contributed by atoms with Crippen LogP contribution in [0, 0.1) is 12.7 Å². The fourth-order valence-corrected chi connectivity index (χ4v) is 3.82. The standard InChI is InChI=1S/C29H23FN4O3/c1-18-6-13-22(16-24(18)27-32-25-4-2-3-5-26(25)33-27)31-29(36)34-28(35)20-9-14-23(15-10-20)37-17-19-7-11-21(30)12-8-19/h2-16H,17H2,1H3,(H,32,33)(H2,31,34,35,36). The Morgan fingerprint density at radius 1 is 0.946 bits per heavy atom. The number of H-pyrrole nitrogens is 1. The Morgan fingerprint density at radius 3 is 2.46 bits per heavy atom. The van der Waals surface area contributed by atoms with Crippen molar-refractivity contribution >= 4 is 28.7 Å². The number of anilines is 1. The van der Waals surface area contributed by atoms with E-state index in [0.717, 1.165) is 27.7 Å². The zero-order valence-corrected chi connectivity index (χ0v) is 19.9. The third-order valence-corrected chi connectivity index (χ3v) is 5.80. The highest BCUT2D eigenvalue weighted by Gasteiger charge is 2.13. The Labute approximate surface area is 212 Å². The number of hydrogen-bond donors (Lipinski definition) is 3. The maximum Gasteiger partial charge on any atom is 0.326 e. The van der Waals surface area contributed by atoms with Crippen LogP contribution in [0.5, 0.6) is 5.75 Å². The number of carbonyl (C=O) groups excluding carboxylic acids is 2. The molecule has 0 aliphatic rings. The predicted octanol–water partition coefficient (Wildman–Crippen LogP) is 6.22. The van der Waals surface area contributed by atoms with E-state index in [2.05, 4.69) is 20.6 Å². The molecule has 0 spiro atoms. The number of fused-ring (bicyclic) bond motifs is 1. The number of aryl methyl sites for hydroxylation is 1. The van der Waals surface area contributed by atoms with Crippen molar-refractivity contribution in [2.75, 3.05) is 5.32 Å². The van der Waals surface area contributed by atoms with Crippen LogP contribution in [-0.2, 0) is 6.61 Å². The normalized spacial score (nSPS) is 10.8. The summed E-state index contributed by atoms with van der Waals surface area (Å²) in [5.74, 6) is 0.382. The van der Waals surface area contributed by atoms with Gasteiger partial charge in [0.1, 0.15) is 24.0 Å². The molecule has 0 aliphatic carbocycles. The van der Waals surface area contributed by atoms with Crippen LogP contribution < -0.4 is 15.4 Å². The fraction of sp³-hybridized carbons (Fsp3) is 0.0690. The maximum absolute atomic E-state index is 13.0. The number of halogens is 1. The molecule has 3 N–H and O–H groups in total. The summed E-state index contributed by atoms with van der Waals surface area (Å²) in [7, 11) is 0. The Hall–Kier alpha value is -4.98. The van der Waals surface area contributed by atoms with Gasteiger partial charge in [-0.2, -0.15) is 0 Å². The van der Waals surface area contributed by atoms with Gasteiger partial charge < -0.3 is 15.0 Å². The van der Waals surface area contributed by atoms with Crippen molar-refractivity contribution in [1.82, 2.24) is 15.3 Å². The fourth-order valence-electron chi connectivity index (χ4n) is 3.82. The molecule has 0 radical (unpaired) electrons. The summed E-state index contributed by atoms with van der Waals surface area (Å²) in [6, 6.07) is 25.0. The van der Waals surface area contributed by atoms with E-state index in [9.17, 15) is 14.0 Å². The van der Waals surface area contributed by atoms with Gasteiger partial charge in [0.15, 0.2) is 0 Å². The third-order valence-electron chi connectivity index (χ3n) is 5.80. The molecule has 0 atom stereocenters. The highest BCUT2D eigenvalue weighted by atomic mass is 19.1. The van der Waals surface area contributed by atoms with E-state index in [1.807, 2.05) is 43.3 Å². The highest BCUT2D eigenvalue weighted by molar-refractivity contribution is 6.08. The number of nitrogens with zero attached hydrogens (tertiary/aromatic N) is 1. The molecule has 8 heteroatoms. The summed E-state index contributed by atoms with van der Waals surface area (Å²) < 4.78 is 18.7. The zero-order chi connectivity index (χ0) is 25.8. The molecule has 3 amide bonds. The smallest absolute Gasteiger partial charge is 0.326 e. The van der Waals surface area contributed by atoms with Crippen LogP contribution in [0.2, 0.25) is 0 Å². The van der Waals surface area contributed by atoms with Crippen molar-refractivity contribution in [1.29, 1.82) is 0 Å². The summed E-state index contributed by atoms with van der Waals surface area (Å²) in [4.78, 5) is 33.0. The van der Waals surface area contributed by atoms with E-state index in [0.29, 0.717) is 22.8 Å². The van der Waals surface area contributed by atoms with Crippen molar-refractivity contribution in [2.24, 2.45) is 0 Å². The zero-order valence-electron chi connectivity index (χ0n) is 19.9. The monoisotopic (exact) mass is 494 g/mol. The lowest BCUT2D eigenvalue weighted by Gasteiger charge is -2.10. The van der Waals surface area contributed by atoms with Crippen molar-refractivity contribution in [2.45, 2.75) is 13.5 Å². The topological polar surface area (TPSA) is 96.1 Å². The van der Waals surface area contributed by atoms with E-state index in [-0.39, 0.29) is 12.4 Å². The Morgan fingerprint density at radius 2 is 1.70 bits per heavy atom. The quantitative estimate of drug-likeness (QED) is 0.261. The van der Waals surface area contributed by atoms with Crippen LogP contribution in [0.3, 0.4) is 0 Å². The minimum Gasteiger partial charge on any atom is -0.489 e. The number of imide groups is 1. The van der Waals surface area contributed by atoms with Gasteiger partial charge in [-0.3, -0.25) is 10.1 Å². The van der Waals surface area contributed by atoms with Crippen LogP contribution in [0.15, 0.2) is 91.0 Å². The summed E-state index contributed by atoms with van der Waals surface area (Å²) in [6.07, 6.45) is 0. The highest BCUT2D eigenvalue weighted by Crippen LogP contribution is 2.26. The van der Waals surface area contributed by atoms with Crippen molar-refractivity contribution in [3.05, 3.63) is 114 Å². The number of hydrogen-bond acceptors (Lipinski definition) is 4. The number of amides is 3. The molecule has 1 aromatic heterocycles. The molecule has 5 aromatic rings. The van der Waals surface area contributed by atoms with Crippen molar-refractivity contribution in [3.8, 4) is 17.1 Å². The van der Waals surface area contributed by atoms with E-state index in [4.69, 9.17) is 4.74 Å². The first-order chi connectivity index (χ1) is 17.9. The molecular formula is C29H23FN4O3. The second-order valence-corrected chi connectivity index (χ2v) is 8.48. The molecule has 4 aromatic carbocycles. The first kappa shape index (κ1) is 23.7. The second kappa shape index (κ2) is 10.3. The van der Waals surface area contributed by atoms with Gasteiger partial charge in [-0.15, -0.1) is 0 Å². The number of carbonyl (C=O) groups is 2. The van der Waals surface area contributed by atoms with E-state index >= 15 is 0 Å². The minimum absolute atomic E-state index is 0.265. The average Bonchev–Trinajstić information content (AvgIpc) is 3.34. The third kappa shape index (κ3) is 5.65. The maximum atomic E-state index is 13.0. The molecule has 0 unspecified atom stereocenters. The minimum atomic E-state index is -0.652. The molecule has 5 rings (SSSR count). The summed E-state index contributed by atoms with van der Waals surface area (Å²) >= 11 is 0. The molecule has 0 saturated heterocycles. The number of aromatic nitrogens is 2. The van der Waals surface area contributed by atoms with Gasteiger partial charge in [0, 0.05) is 16.8 Å². The molecule has 184 valence electrons. The molecule has 37 heavy (non-hydrogen) atoms. The van der Waals surface area contributed by atoms with E-state index in [1.165, 1.54) is 12.1 Å².